The van der Waals surface area contributed by atoms with Crippen LogP contribution < -0.4 is 15.4 Å². The highest BCUT2D eigenvalue weighted by Gasteiger charge is 2.07. The molecule has 22 heavy (non-hydrogen) atoms. The molecule has 0 saturated carbocycles. The van der Waals surface area contributed by atoms with Gasteiger partial charge >= 0.3 is 6.09 Å². The molecule has 1 heterocycles. The van der Waals surface area contributed by atoms with E-state index in [1.807, 2.05) is 0 Å². The SMILES string of the molecule is CNC(=O)c1cc(Oc2ccc(NC(=O)OC)cc2)ccn1. The third kappa shape index (κ3) is 3.95. The smallest absolute Gasteiger partial charge is 0.411 e. The van der Waals surface area contributed by atoms with E-state index < -0.39 is 6.09 Å². The van der Waals surface area contributed by atoms with E-state index in [9.17, 15) is 9.59 Å². The number of aromatic nitrogens is 1. The number of amides is 2. The van der Waals surface area contributed by atoms with Crippen molar-refractivity contribution in [3.8, 4) is 11.5 Å². The molecule has 0 aliphatic heterocycles. The topological polar surface area (TPSA) is 89.6 Å². The van der Waals surface area contributed by atoms with Gasteiger partial charge in [-0.3, -0.25) is 15.1 Å². The van der Waals surface area contributed by atoms with Crippen molar-refractivity contribution in [3.05, 3.63) is 48.3 Å². The highest BCUT2D eigenvalue weighted by molar-refractivity contribution is 5.92. The standard InChI is InChI=1S/C15H15N3O4/c1-16-14(19)13-9-12(7-8-17-13)22-11-5-3-10(4-6-11)18-15(20)21-2/h3-9H,1-2H3,(H,16,19)(H,18,20). The van der Waals surface area contributed by atoms with Crippen molar-refractivity contribution in [2.45, 2.75) is 0 Å². The molecule has 0 bridgehead atoms. The summed E-state index contributed by atoms with van der Waals surface area (Å²) >= 11 is 0. The minimum atomic E-state index is -0.543. The fourth-order valence-electron chi connectivity index (χ4n) is 1.64. The van der Waals surface area contributed by atoms with Crippen molar-refractivity contribution in [2.24, 2.45) is 0 Å². The first-order valence-corrected chi connectivity index (χ1v) is 6.43. The first-order valence-electron chi connectivity index (χ1n) is 6.43. The van der Waals surface area contributed by atoms with Crippen LogP contribution in [0.3, 0.4) is 0 Å². The summed E-state index contributed by atoms with van der Waals surface area (Å²) in [5.74, 6) is 0.759. The molecule has 1 aromatic carbocycles. The largest absolute Gasteiger partial charge is 0.457 e. The Hall–Kier alpha value is -3.09. The van der Waals surface area contributed by atoms with E-state index in [1.165, 1.54) is 20.4 Å². The number of methoxy groups -OCH3 is 1. The van der Waals surface area contributed by atoms with E-state index >= 15 is 0 Å². The molecule has 0 unspecified atom stereocenters. The minimum absolute atomic E-state index is 0.268. The first-order chi connectivity index (χ1) is 10.6. The molecular formula is C15H15N3O4. The van der Waals surface area contributed by atoms with E-state index in [0.29, 0.717) is 17.2 Å². The molecule has 0 saturated heterocycles. The predicted molar refractivity (Wildman–Crippen MR) is 80.2 cm³/mol. The second-order valence-electron chi connectivity index (χ2n) is 4.20. The second kappa shape index (κ2) is 7.07. The minimum Gasteiger partial charge on any atom is -0.457 e. The van der Waals surface area contributed by atoms with Crippen LogP contribution in [0.4, 0.5) is 10.5 Å². The molecule has 0 spiro atoms. The lowest BCUT2D eigenvalue weighted by molar-refractivity contribution is 0.0957. The Morgan fingerprint density at radius 1 is 1.09 bits per heavy atom. The van der Waals surface area contributed by atoms with E-state index in [0.717, 1.165) is 0 Å². The predicted octanol–water partition coefficient (Wildman–Crippen LogP) is 2.41. The summed E-state index contributed by atoms with van der Waals surface area (Å²) in [4.78, 5) is 26.5. The van der Waals surface area contributed by atoms with Crippen molar-refractivity contribution in [1.29, 1.82) is 0 Å². The van der Waals surface area contributed by atoms with Gasteiger partial charge in [-0.15, -0.1) is 0 Å². The van der Waals surface area contributed by atoms with Crippen LogP contribution in [0.15, 0.2) is 42.6 Å². The fraction of sp³-hybridized carbons (Fsp3) is 0.133. The van der Waals surface area contributed by atoms with Crippen LogP contribution in [0.5, 0.6) is 11.5 Å². The van der Waals surface area contributed by atoms with Gasteiger partial charge in [-0.1, -0.05) is 0 Å². The molecule has 0 fully saturated rings. The quantitative estimate of drug-likeness (QED) is 0.905. The molecule has 114 valence electrons. The van der Waals surface area contributed by atoms with Gasteiger partial charge in [-0.05, 0) is 30.3 Å². The molecule has 0 aliphatic carbocycles. The van der Waals surface area contributed by atoms with Crippen LogP contribution in [0.1, 0.15) is 10.5 Å². The van der Waals surface area contributed by atoms with E-state index in [2.05, 4.69) is 20.4 Å². The van der Waals surface area contributed by atoms with Gasteiger partial charge in [0.1, 0.15) is 17.2 Å². The summed E-state index contributed by atoms with van der Waals surface area (Å²) < 4.78 is 10.1. The molecule has 0 radical (unpaired) electrons. The van der Waals surface area contributed by atoms with Crippen molar-refractivity contribution >= 4 is 17.7 Å². The van der Waals surface area contributed by atoms with E-state index in [1.54, 1.807) is 36.4 Å². The Bertz CT molecular complexity index is 671. The zero-order chi connectivity index (χ0) is 15.9. The Balaban J connectivity index is 2.07. The number of anilines is 1. The number of carbonyl (C=O) groups excluding carboxylic acids is 2. The maximum absolute atomic E-state index is 11.5. The maximum Gasteiger partial charge on any atom is 0.411 e. The summed E-state index contributed by atoms with van der Waals surface area (Å²) in [6.45, 7) is 0. The monoisotopic (exact) mass is 301 g/mol. The van der Waals surface area contributed by atoms with Crippen LogP contribution in [-0.2, 0) is 4.74 Å². The van der Waals surface area contributed by atoms with Crippen molar-refractivity contribution in [1.82, 2.24) is 10.3 Å². The van der Waals surface area contributed by atoms with Gasteiger partial charge in [0.15, 0.2) is 0 Å². The Morgan fingerprint density at radius 2 is 1.82 bits per heavy atom. The molecule has 2 amide bonds. The number of hydrogen-bond acceptors (Lipinski definition) is 5. The van der Waals surface area contributed by atoms with Crippen molar-refractivity contribution < 1.29 is 19.1 Å². The lowest BCUT2D eigenvalue weighted by Crippen LogP contribution is -2.18. The highest BCUT2D eigenvalue weighted by atomic mass is 16.5. The fourth-order valence-corrected chi connectivity index (χ4v) is 1.64. The van der Waals surface area contributed by atoms with Gasteiger partial charge in [0.2, 0.25) is 0 Å². The number of carbonyl (C=O) groups is 2. The summed E-state index contributed by atoms with van der Waals surface area (Å²) in [6, 6.07) is 9.91. The average Bonchev–Trinajstić information content (AvgIpc) is 2.56. The van der Waals surface area contributed by atoms with E-state index in [-0.39, 0.29) is 11.6 Å². The van der Waals surface area contributed by atoms with Gasteiger partial charge < -0.3 is 14.8 Å². The molecule has 0 atom stereocenters. The molecule has 1 aromatic heterocycles. The van der Waals surface area contributed by atoms with Crippen LogP contribution in [-0.4, -0.2) is 31.1 Å². The summed E-state index contributed by atoms with van der Waals surface area (Å²) in [5, 5.41) is 5.03. The maximum atomic E-state index is 11.5. The zero-order valence-electron chi connectivity index (χ0n) is 12.1. The Kier molecular flexibility index (Phi) is 4.92. The van der Waals surface area contributed by atoms with Gasteiger partial charge in [-0.25, -0.2) is 4.79 Å². The van der Waals surface area contributed by atoms with E-state index in [4.69, 9.17) is 4.74 Å². The molecule has 0 aliphatic rings. The molecule has 2 aromatic rings. The molecule has 7 heteroatoms. The number of rotatable bonds is 4. The summed E-state index contributed by atoms with van der Waals surface area (Å²) in [6.07, 6.45) is 0.950. The third-order valence-electron chi connectivity index (χ3n) is 2.71. The number of nitrogens with zero attached hydrogens (tertiary/aromatic N) is 1. The van der Waals surface area contributed by atoms with Crippen molar-refractivity contribution in [2.75, 3.05) is 19.5 Å². The molecule has 2 rings (SSSR count). The van der Waals surface area contributed by atoms with Gasteiger partial charge in [-0.2, -0.15) is 0 Å². The van der Waals surface area contributed by atoms with Crippen molar-refractivity contribution in [3.63, 3.8) is 0 Å². The lowest BCUT2D eigenvalue weighted by atomic mass is 10.3. The van der Waals surface area contributed by atoms with Crippen LogP contribution in [0.2, 0.25) is 0 Å². The number of ether oxygens (including phenoxy) is 2. The van der Waals surface area contributed by atoms with Crippen LogP contribution in [0.25, 0.3) is 0 Å². The van der Waals surface area contributed by atoms with Gasteiger partial charge in [0.25, 0.3) is 5.91 Å². The number of benzene rings is 1. The normalized spacial score (nSPS) is 9.73. The van der Waals surface area contributed by atoms with Crippen LogP contribution in [0, 0.1) is 0 Å². The first kappa shape index (κ1) is 15.3. The lowest BCUT2D eigenvalue weighted by Gasteiger charge is -2.08. The average molecular weight is 301 g/mol. The zero-order valence-corrected chi connectivity index (χ0v) is 12.1. The number of hydrogen-bond donors (Lipinski definition) is 2. The summed E-state index contributed by atoms with van der Waals surface area (Å²) in [7, 11) is 2.82. The van der Waals surface area contributed by atoms with Gasteiger partial charge in [0.05, 0.1) is 7.11 Å². The summed E-state index contributed by atoms with van der Waals surface area (Å²) in [5.41, 5.74) is 0.851. The van der Waals surface area contributed by atoms with Crippen LogP contribution >= 0.6 is 0 Å². The number of pyridine rings is 1. The molecule has 2 N–H and O–H groups in total. The Labute approximate surface area is 127 Å². The number of nitrogens with one attached hydrogen (secondary N) is 2. The van der Waals surface area contributed by atoms with Gasteiger partial charge in [0, 0.05) is 25.0 Å². The Morgan fingerprint density at radius 3 is 2.45 bits per heavy atom. The second-order valence-corrected chi connectivity index (χ2v) is 4.20. The molecular weight excluding hydrogens is 286 g/mol. The third-order valence-corrected chi connectivity index (χ3v) is 2.71. The molecule has 7 nitrogen and oxygen atoms in total. The highest BCUT2D eigenvalue weighted by Crippen LogP contribution is 2.23.